The molecule has 4 aromatic heterocycles. The molecule has 6 heterocycles. The van der Waals surface area contributed by atoms with Gasteiger partial charge < -0.3 is 19.3 Å². The number of aromatic nitrogens is 4. The lowest BCUT2D eigenvalue weighted by molar-refractivity contribution is -0.192. The quantitative estimate of drug-likeness (QED) is 0.349. The lowest BCUT2D eigenvalue weighted by Gasteiger charge is -2.40. The maximum absolute atomic E-state index is 13.6. The number of rotatable bonds is 4. The molecule has 1 amide bonds. The van der Waals surface area contributed by atoms with Crippen LogP contribution in [0.3, 0.4) is 0 Å². The number of aliphatic carboxylic acids is 1. The van der Waals surface area contributed by atoms with Crippen molar-refractivity contribution in [1.29, 1.82) is 0 Å². The molecule has 216 valence electrons. The van der Waals surface area contributed by atoms with Crippen LogP contribution in [0.1, 0.15) is 42.5 Å². The van der Waals surface area contributed by atoms with E-state index in [1.165, 1.54) is 43.7 Å². The molecular formula is C28H29F3N6O3S. The van der Waals surface area contributed by atoms with Gasteiger partial charge in [-0.25, -0.2) is 9.78 Å². The summed E-state index contributed by atoms with van der Waals surface area (Å²) in [6.45, 7) is 4.09. The molecule has 0 bridgehead atoms. The molecule has 9 nitrogen and oxygen atoms in total. The van der Waals surface area contributed by atoms with E-state index in [2.05, 4.69) is 19.3 Å². The number of nitrogens with zero attached hydrogens (tertiary/aromatic N) is 6. The van der Waals surface area contributed by atoms with Gasteiger partial charge in [-0.15, -0.1) is 11.3 Å². The minimum absolute atomic E-state index is 0.122. The molecule has 41 heavy (non-hydrogen) atoms. The van der Waals surface area contributed by atoms with E-state index in [9.17, 15) is 18.0 Å². The highest BCUT2D eigenvalue weighted by Gasteiger charge is 2.38. The van der Waals surface area contributed by atoms with E-state index < -0.39 is 12.1 Å². The van der Waals surface area contributed by atoms with Gasteiger partial charge in [0.25, 0.3) is 5.91 Å². The van der Waals surface area contributed by atoms with Crippen LogP contribution in [0, 0.1) is 0 Å². The van der Waals surface area contributed by atoms with E-state index >= 15 is 0 Å². The number of carbonyl (C=O) groups excluding carboxylic acids is 1. The molecule has 0 spiro atoms. The monoisotopic (exact) mass is 586 g/mol. The standard InChI is InChI=1S/C26H28N6OS.C2HF3O2/c33-26(31-14-7-19(8-15-31)30-11-3-1-4-12-30)20-16-24(32-13-5-2-6-23(20)32)22-18-34-25(29-22)21-17-27-9-10-28-21;3-2(4,5)1(6)7/h2,5-6,9-10,13,16-19H,1,3-4,7-8,11-12,14-15H2;(H,6,7). The Kier molecular flexibility index (Phi) is 8.64. The van der Waals surface area contributed by atoms with Gasteiger partial charge in [-0.3, -0.25) is 14.8 Å². The number of piperidine rings is 2. The third kappa shape index (κ3) is 6.57. The number of thiazole rings is 1. The van der Waals surface area contributed by atoms with Crippen LogP contribution in [0.25, 0.3) is 27.6 Å². The number of alkyl halides is 3. The number of amides is 1. The molecule has 2 saturated heterocycles. The molecule has 4 aromatic rings. The first kappa shape index (κ1) is 28.7. The fraction of sp³-hybridized carbons (Fsp3) is 0.393. The first-order chi connectivity index (χ1) is 19.7. The summed E-state index contributed by atoms with van der Waals surface area (Å²) in [5.74, 6) is -2.64. The average Bonchev–Trinajstić information content (AvgIpc) is 3.63. The number of hydrogen-bond donors (Lipinski definition) is 1. The zero-order valence-corrected chi connectivity index (χ0v) is 22.9. The second-order valence-corrected chi connectivity index (χ2v) is 10.8. The Hall–Kier alpha value is -3.84. The normalized spacial score (nSPS) is 16.8. The Morgan fingerprint density at radius 2 is 1.73 bits per heavy atom. The predicted octanol–water partition coefficient (Wildman–Crippen LogP) is 5.24. The smallest absolute Gasteiger partial charge is 0.475 e. The van der Waals surface area contributed by atoms with Crippen molar-refractivity contribution in [2.24, 2.45) is 0 Å². The number of hydrogen-bond acceptors (Lipinski definition) is 7. The van der Waals surface area contributed by atoms with Gasteiger partial charge in [0.05, 0.1) is 28.7 Å². The summed E-state index contributed by atoms with van der Waals surface area (Å²) >= 11 is 1.54. The van der Waals surface area contributed by atoms with E-state index in [1.54, 1.807) is 18.6 Å². The summed E-state index contributed by atoms with van der Waals surface area (Å²) in [7, 11) is 0. The molecule has 2 aliphatic heterocycles. The van der Waals surface area contributed by atoms with Crippen LogP contribution in [0.2, 0.25) is 0 Å². The van der Waals surface area contributed by atoms with E-state index in [0.717, 1.165) is 59.1 Å². The van der Waals surface area contributed by atoms with Crippen molar-refractivity contribution in [2.45, 2.75) is 44.3 Å². The molecule has 1 N–H and O–H groups in total. The topological polar surface area (TPSA) is 104 Å². The van der Waals surface area contributed by atoms with Crippen molar-refractivity contribution in [3.63, 3.8) is 0 Å². The van der Waals surface area contributed by atoms with Crippen LogP contribution in [-0.2, 0) is 4.79 Å². The van der Waals surface area contributed by atoms with Crippen molar-refractivity contribution in [1.82, 2.24) is 29.2 Å². The highest BCUT2D eigenvalue weighted by atomic mass is 32.1. The Morgan fingerprint density at radius 3 is 2.39 bits per heavy atom. The number of fused-ring (bicyclic) bond motifs is 1. The Morgan fingerprint density at radius 1 is 1.00 bits per heavy atom. The van der Waals surface area contributed by atoms with Crippen molar-refractivity contribution in [3.05, 3.63) is 60.0 Å². The van der Waals surface area contributed by atoms with Crippen molar-refractivity contribution < 1.29 is 27.9 Å². The second-order valence-electron chi connectivity index (χ2n) is 9.95. The number of carbonyl (C=O) groups is 2. The van der Waals surface area contributed by atoms with Crippen molar-refractivity contribution in [2.75, 3.05) is 26.2 Å². The zero-order valence-electron chi connectivity index (χ0n) is 22.1. The van der Waals surface area contributed by atoms with E-state index in [0.29, 0.717) is 6.04 Å². The van der Waals surface area contributed by atoms with Crippen molar-refractivity contribution >= 4 is 28.7 Å². The maximum atomic E-state index is 13.6. The number of carboxylic acid groups (broad SMARTS) is 1. The number of carboxylic acids is 1. The zero-order chi connectivity index (χ0) is 29.0. The number of pyridine rings is 1. The summed E-state index contributed by atoms with van der Waals surface area (Å²) in [4.78, 5) is 40.5. The van der Waals surface area contributed by atoms with Crippen LogP contribution in [0.4, 0.5) is 13.2 Å². The minimum Gasteiger partial charge on any atom is -0.475 e. The van der Waals surface area contributed by atoms with Gasteiger partial charge >= 0.3 is 12.1 Å². The molecule has 0 saturated carbocycles. The van der Waals surface area contributed by atoms with Crippen LogP contribution in [0.5, 0.6) is 0 Å². The highest BCUT2D eigenvalue weighted by Crippen LogP contribution is 2.32. The van der Waals surface area contributed by atoms with Crippen LogP contribution >= 0.6 is 11.3 Å². The molecule has 0 radical (unpaired) electrons. The maximum Gasteiger partial charge on any atom is 0.490 e. The molecule has 13 heteroatoms. The van der Waals surface area contributed by atoms with Gasteiger partial charge in [0, 0.05) is 43.1 Å². The average molecular weight is 587 g/mol. The van der Waals surface area contributed by atoms with Gasteiger partial charge in [-0.2, -0.15) is 13.2 Å². The Bertz CT molecular complexity index is 1490. The molecular weight excluding hydrogens is 557 g/mol. The first-order valence-electron chi connectivity index (χ1n) is 13.4. The number of halogens is 3. The Labute approximate surface area is 238 Å². The van der Waals surface area contributed by atoms with Gasteiger partial charge in [-0.1, -0.05) is 12.5 Å². The van der Waals surface area contributed by atoms with Crippen LogP contribution < -0.4 is 0 Å². The summed E-state index contributed by atoms with van der Waals surface area (Å²) in [5, 5.41) is 9.97. The molecule has 0 aromatic carbocycles. The molecule has 0 atom stereocenters. The fourth-order valence-corrected chi connectivity index (χ4v) is 6.10. The van der Waals surface area contributed by atoms with E-state index in [1.807, 2.05) is 40.7 Å². The Balaban J connectivity index is 0.000000431. The summed E-state index contributed by atoms with van der Waals surface area (Å²) in [6, 6.07) is 8.63. The summed E-state index contributed by atoms with van der Waals surface area (Å²) < 4.78 is 33.8. The van der Waals surface area contributed by atoms with E-state index in [-0.39, 0.29) is 5.91 Å². The third-order valence-electron chi connectivity index (χ3n) is 7.36. The molecule has 2 fully saturated rings. The van der Waals surface area contributed by atoms with Gasteiger partial charge in [0.1, 0.15) is 10.7 Å². The fourth-order valence-electron chi connectivity index (χ4n) is 5.33. The van der Waals surface area contributed by atoms with Gasteiger partial charge in [0.15, 0.2) is 0 Å². The van der Waals surface area contributed by atoms with Crippen LogP contribution in [0.15, 0.2) is 54.4 Å². The lowest BCUT2D eigenvalue weighted by Crippen LogP contribution is -2.48. The first-order valence-corrected chi connectivity index (χ1v) is 14.3. The SMILES string of the molecule is O=C(O)C(F)(F)F.O=C(c1cc(-c2csc(-c3cnccn3)n2)n2ccccc12)N1CCC(N2CCCCC2)CC1. The second kappa shape index (κ2) is 12.4. The van der Waals surface area contributed by atoms with E-state index in [4.69, 9.17) is 14.9 Å². The van der Waals surface area contributed by atoms with Crippen molar-refractivity contribution in [3.8, 4) is 22.1 Å². The molecule has 6 rings (SSSR count). The number of likely N-dealkylation sites (tertiary alicyclic amines) is 2. The molecule has 0 aliphatic carbocycles. The summed E-state index contributed by atoms with van der Waals surface area (Å²) in [5.41, 5.74) is 4.20. The van der Waals surface area contributed by atoms with Gasteiger partial charge in [0.2, 0.25) is 0 Å². The predicted molar refractivity (Wildman–Crippen MR) is 148 cm³/mol. The molecule has 2 aliphatic rings. The van der Waals surface area contributed by atoms with Gasteiger partial charge in [-0.05, 0) is 57.0 Å². The van der Waals surface area contributed by atoms with Crippen LogP contribution in [-0.4, -0.2) is 84.5 Å². The molecule has 0 unspecified atom stereocenters. The summed E-state index contributed by atoms with van der Waals surface area (Å²) in [6.07, 6.45) is 8.10. The largest absolute Gasteiger partial charge is 0.490 e. The minimum atomic E-state index is -5.08. The highest BCUT2D eigenvalue weighted by molar-refractivity contribution is 7.13. The third-order valence-corrected chi connectivity index (χ3v) is 8.22. The lowest BCUT2D eigenvalue weighted by atomic mass is 9.99.